The first-order chi connectivity index (χ1) is 10.5. The predicted molar refractivity (Wildman–Crippen MR) is 103 cm³/mol. The van der Waals surface area contributed by atoms with E-state index in [4.69, 9.17) is 0 Å². The number of likely N-dealkylation sites (N-methyl/N-ethyl adjacent to an activating group) is 1. The molecule has 9 heteroatoms. The zero-order valence-corrected chi connectivity index (χ0v) is 15.9. The molecule has 1 heterocycles. The number of halogens is 1. The van der Waals surface area contributed by atoms with Crippen LogP contribution in [0.5, 0.6) is 23.0 Å². The zero-order valence-electron chi connectivity index (χ0n) is 14.2. The number of benzene rings is 2. The van der Waals surface area contributed by atoms with Crippen molar-refractivity contribution in [2.45, 2.75) is 18.9 Å². The summed E-state index contributed by atoms with van der Waals surface area (Å²) in [4.78, 5) is 2.18. The van der Waals surface area contributed by atoms with Gasteiger partial charge in [-0.15, -0.1) is 17.0 Å². The summed E-state index contributed by atoms with van der Waals surface area (Å²) in [5.41, 5.74) is 2.91. The van der Waals surface area contributed by atoms with Crippen LogP contribution in [0.1, 0.15) is 22.7 Å². The van der Waals surface area contributed by atoms with Crippen LogP contribution in [0.2, 0.25) is 0 Å². The average molecular weight is 436 g/mol. The highest BCUT2D eigenvalue weighted by molar-refractivity contribution is 8.93. The number of phenols is 4. The van der Waals surface area contributed by atoms with Gasteiger partial charge in [0.05, 0.1) is 0 Å². The molecule has 0 bridgehead atoms. The summed E-state index contributed by atoms with van der Waals surface area (Å²) in [6, 6.07) is 8.08. The van der Waals surface area contributed by atoms with Crippen LogP contribution in [0, 0.1) is 0 Å². The van der Waals surface area contributed by atoms with Crippen molar-refractivity contribution in [3.05, 3.63) is 47.0 Å². The first-order valence-electron chi connectivity index (χ1n) is 7.21. The molecule has 0 fully saturated rings. The molecule has 0 spiro atoms. The lowest BCUT2D eigenvalue weighted by molar-refractivity contribution is 0.228. The molecule has 0 radical (unpaired) electrons. The monoisotopic (exact) mass is 435 g/mol. The highest BCUT2D eigenvalue weighted by atomic mass is 79.9. The summed E-state index contributed by atoms with van der Waals surface area (Å²) >= 11 is 0. The molecule has 0 aromatic heterocycles. The molecular weight excluding hydrogens is 410 g/mol. The lowest BCUT2D eigenvalue weighted by atomic mass is 9.88. The Labute approximate surface area is 161 Å². The second-order valence-corrected chi connectivity index (χ2v) is 5.81. The largest absolute Gasteiger partial charge is 0.504 e. The second-order valence-electron chi connectivity index (χ2n) is 5.81. The van der Waals surface area contributed by atoms with Gasteiger partial charge in [0.15, 0.2) is 23.0 Å². The molecule has 2 aromatic carbocycles. The van der Waals surface area contributed by atoms with Gasteiger partial charge >= 0.3 is 0 Å². The molecule has 1 atom stereocenters. The summed E-state index contributed by atoms with van der Waals surface area (Å²) in [5.74, 6) is -0.481. The van der Waals surface area contributed by atoms with Gasteiger partial charge in [0.1, 0.15) is 0 Å². The number of fused-ring (bicyclic) bond motifs is 1. The fraction of sp³-hybridized carbons (Fsp3) is 0.294. The fourth-order valence-corrected chi connectivity index (χ4v) is 3.04. The minimum absolute atomic E-state index is 0. The fourth-order valence-electron chi connectivity index (χ4n) is 3.04. The Morgan fingerprint density at radius 2 is 1.46 bits per heavy atom. The van der Waals surface area contributed by atoms with Crippen LogP contribution < -0.4 is 0 Å². The number of hydrogen-bond acceptors (Lipinski definition) is 5. The van der Waals surface area contributed by atoms with E-state index in [9.17, 15) is 20.4 Å². The van der Waals surface area contributed by atoms with Gasteiger partial charge in [-0.2, -0.15) is 0 Å². The molecule has 10 N–H and O–H groups in total. The molecule has 0 saturated heterocycles. The Bertz CT molecular complexity index is 726. The highest BCUT2D eigenvalue weighted by Crippen LogP contribution is 2.38. The van der Waals surface area contributed by atoms with E-state index in [1.54, 1.807) is 24.3 Å². The van der Waals surface area contributed by atoms with E-state index in [0.29, 0.717) is 6.42 Å². The van der Waals surface area contributed by atoms with Crippen LogP contribution in [0.25, 0.3) is 0 Å². The van der Waals surface area contributed by atoms with E-state index in [1.807, 2.05) is 7.05 Å². The van der Waals surface area contributed by atoms with Crippen LogP contribution in [0.3, 0.4) is 0 Å². The smallest absolute Gasteiger partial charge is 0.157 e. The van der Waals surface area contributed by atoms with Gasteiger partial charge in [0, 0.05) is 12.6 Å². The predicted octanol–water partition coefficient (Wildman–Crippen LogP) is 0.384. The Morgan fingerprint density at radius 3 is 2.08 bits per heavy atom. The van der Waals surface area contributed by atoms with Crippen molar-refractivity contribution in [1.82, 2.24) is 4.90 Å². The van der Waals surface area contributed by atoms with Crippen LogP contribution in [-0.4, -0.2) is 55.3 Å². The molecule has 0 amide bonds. The van der Waals surface area contributed by atoms with E-state index in [2.05, 4.69) is 4.90 Å². The van der Waals surface area contributed by atoms with Crippen molar-refractivity contribution in [3.8, 4) is 23.0 Å². The average Bonchev–Trinajstić information content (AvgIpc) is 2.48. The van der Waals surface area contributed by atoms with E-state index < -0.39 is 0 Å². The SMILES string of the molecule is Br.CN1CCc2cc(O)c(O)cc2C1Cc1ccc(O)c(O)c1.O.O.O. The maximum atomic E-state index is 9.78. The van der Waals surface area contributed by atoms with Crippen molar-refractivity contribution >= 4 is 17.0 Å². The zero-order chi connectivity index (χ0) is 15.9. The second kappa shape index (κ2) is 10.2. The number of phenolic OH excluding ortho intramolecular Hbond substituents is 4. The van der Waals surface area contributed by atoms with Crippen molar-refractivity contribution in [1.29, 1.82) is 0 Å². The molecule has 148 valence electrons. The molecule has 8 nitrogen and oxygen atoms in total. The third kappa shape index (κ3) is 4.99. The minimum atomic E-state index is -0.135. The first kappa shape index (κ1) is 26.2. The van der Waals surface area contributed by atoms with E-state index >= 15 is 0 Å². The first-order valence-corrected chi connectivity index (χ1v) is 7.21. The maximum Gasteiger partial charge on any atom is 0.157 e. The topological polar surface area (TPSA) is 179 Å². The number of nitrogens with zero attached hydrogens (tertiary/aromatic N) is 1. The highest BCUT2D eigenvalue weighted by Gasteiger charge is 2.26. The minimum Gasteiger partial charge on any atom is -0.504 e. The maximum absolute atomic E-state index is 9.78. The molecule has 0 saturated carbocycles. The summed E-state index contributed by atoms with van der Waals surface area (Å²) in [5, 5.41) is 38.5. The molecule has 1 aliphatic rings. The lowest BCUT2D eigenvalue weighted by Gasteiger charge is -2.35. The number of rotatable bonds is 2. The number of hydrogen-bond donors (Lipinski definition) is 4. The van der Waals surface area contributed by atoms with Gasteiger partial charge < -0.3 is 36.9 Å². The summed E-state index contributed by atoms with van der Waals surface area (Å²) in [7, 11) is 2.01. The molecule has 2 aromatic rings. The molecule has 1 aliphatic heterocycles. The van der Waals surface area contributed by atoms with Crippen LogP contribution >= 0.6 is 17.0 Å². The van der Waals surface area contributed by atoms with E-state index in [0.717, 1.165) is 29.7 Å². The third-order valence-electron chi connectivity index (χ3n) is 4.33. The van der Waals surface area contributed by atoms with Crippen molar-refractivity contribution in [2.75, 3.05) is 13.6 Å². The summed E-state index contributed by atoms with van der Waals surface area (Å²) in [6.45, 7) is 0.853. The number of aromatic hydroxyl groups is 4. The normalized spacial score (nSPS) is 15.3. The molecule has 1 unspecified atom stereocenters. The third-order valence-corrected chi connectivity index (χ3v) is 4.33. The lowest BCUT2D eigenvalue weighted by Crippen LogP contribution is -2.33. The summed E-state index contributed by atoms with van der Waals surface area (Å²) < 4.78 is 0. The molecule has 0 aliphatic carbocycles. The van der Waals surface area contributed by atoms with Gasteiger partial charge in [0.2, 0.25) is 0 Å². The van der Waals surface area contributed by atoms with Gasteiger partial charge in [-0.05, 0) is 60.8 Å². The Hall–Kier alpha value is -2.04. The van der Waals surface area contributed by atoms with E-state index in [1.165, 1.54) is 6.07 Å². The van der Waals surface area contributed by atoms with Crippen LogP contribution in [0.15, 0.2) is 30.3 Å². The molecule has 3 rings (SSSR count). The van der Waals surface area contributed by atoms with Gasteiger partial charge in [-0.3, -0.25) is 4.90 Å². The quantitative estimate of drug-likeness (QED) is 0.496. The Balaban J connectivity index is 0. The van der Waals surface area contributed by atoms with E-state index in [-0.39, 0.29) is 62.4 Å². The van der Waals surface area contributed by atoms with Crippen molar-refractivity contribution in [2.24, 2.45) is 0 Å². The van der Waals surface area contributed by atoms with Crippen LogP contribution in [0.4, 0.5) is 0 Å². The Kier molecular flexibility index (Phi) is 10.3. The Morgan fingerprint density at radius 1 is 0.885 bits per heavy atom. The molecular formula is C17H26BrNO7. The van der Waals surface area contributed by atoms with Gasteiger partial charge in [-0.25, -0.2) is 0 Å². The summed E-state index contributed by atoms with van der Waals surface area (Å²) in [6.07, 6.45) is 1.46. The van der Waals surface area contributed by atoms with Gasteiger partial charge in [0.25, 0.3) is 0 Å². The van der Waals surface area contributed by atoms with Gasteiger partial charge in [-0.1, -0.05) is 6.07 Å². The standard InChI is InChI=1S/C17H19NO4.BrH.3H2O/c1-18-5-4-11-8-16(21)17(22)9-12(11)13(18)6-10-2-3-14(19)15(20)7-10;;;;/h2-3,7-9,13,19-22H,4-6H2,1H3;1H;3*1H2. The van der Waals surface area contributed by atoms with Crippen molar-refractivity contribution in [3.63, 3.8) is 0 Å². The van der Waals surface area contributed by atoms with Crippen LogP contribution in [-0.2, 0) is 12.8 Å². The molecule has 26 heavy (non-hydrogen) atoms. The van der Waals surface area contributed by atoms with Crippen molar-refractivity contribution < 1.29 is 36.9 Å².